The third kappa shape index (κ3) is 9.68. The lowest BCUT2D eigenvalue weighted by Crippen LogP contribution is -2.55. The second-order valence-corrected chi connectivity index (χ2v) is 14.0. The lowest BCUT2D eigenvalue weighted by molar-refractivity contribution is -0.155. The Labute approximate surface area is 302 Å². The Kier molecular flexibility index (Phi) is 12.6. The number of carbonyl (C=O) groups excluding carboxylic acids is 3. The smallest absolute Gasteiger partial charge is 0.422 e. The summed E-state index contributed by atoms with van der Waals surface area (Å²) in [6.45, 7) is 5.30. The number of hydrogen-bond acceptors (Lipinski definition) is 11. The molecule has 3 heterocycles. The van der Waals surface area contributed by atoms with Gasteiger partial charge in [-0.1, -0.05) is 57.2 Å². The van der Waals surface area contributed by atoms with Gasteiger partial charge in [0.1, 0.15) is 17.8 Å². The first-order valence-electron chi connectivity index (χ1n) is 17.1. The van der Waals surface area contributed by atoms with Gasteiger partial charge in [0.15, 0.2) is 6.29 Å². The number of hydrazine groups is 1. The second kappa shape index (κ2) is 17.1. The van der Waals surface area contributed by atoms with Gasteiger partial charge < -0.3 is 29.4 Å². The number of nitrogens with one attached hydrogen (secondary N) is 2. The Balaban J connectivity index is 1.40. The predicted molar refractivity (Wildman–Crippen MR) is 185 cm³/mol. The van der Waals surface area contributed by atoms with E-state index in [0.29, 0.717) is 13.0 Å². The van der Waals surface area contributed by atoms with Crippen LogP contribution in [-0.2, 0) is 41.5 Å². The first-order valence-corrected chi connectivity index (χ1v) is 17.1. The van der Waals surface area contributed by atoms with Crippen LogP contribution < -0.4 is 10.7 Å². The van der Waals surface area contributed by atoms with Crippen molar-refractivity contribution in [3.63, 3.8) is 0 Å². The molecule has 5 rings (SSSR count). The number of hydrogen-bond donors (Lipinski definition) is 3. The van der Waals surface area contributed by atoms with Crippen LogP contribution in [0.25, 0.3) is 11.1 Å². The molecule has 0 radical (unpaired) electrons. The number of benzene rings is 2. The van der Waals surface area contributed by atoms with Gasteiger partial charge in [0.25, 0.3) is 0 Å². The van der Waals surface area contributed by atoms with Gasteiger partial charge in [0, 0.05) is 31.0 Å². The molecule has 2 aliphatic rings. The summed E-state index contributed by atoms with van der Waals surface area (Å²) in [7, 11) is 1.20. The summed E-state index contributed by atoms with van der Waals surface area (Å²) in [4.78, 5) is 43.9. The van der Waals surface area contributed by atoms with Gasteiger partial charge >= 0.3 is 12.1 Å². The normalized spacial score (nSPS) is 19.9. The summed E-state index contributed by atoms with van der Waals surface area (Å²) in [5.41, 5.74) is 4.63. The first-order chi connectivity index (χ1) is 24.9. The molecule has 2 amide bonds. The lowest BCUT2D eigenvalue weighted by Gasteiger charge is -2.33. The standard InChI is InChI=1S/C38H44FN5O8/c1-38(2,3)33(35(47)49-4)34(46)42-30(17-23-7-10-25(11-8-23)26-6-5-14-41-19-26)31(45)21-44(20-27-12-9-24(18-40)16-29(27)39)43-37(48)52-32-22-51-36-28(32)13-15-50-36/h5-12,14,16,19,28,30-33,36,45H,13,15,17,20-22H2,1-4H3,(H,42,46)(H,43,48). The molecule has 0 bridgehead atoms. The monoisotopic (exact) mass is 717 g/mol. The fourth-order valence-electron chi connectivity index (χ4n) is 6.44. The number of rotatable bonds is 13. The van der Waals surface area contributed by atoms with Gasteiger partial charge in [-0.25, -0.2) is 14.2 Å². The topological polar surface area (TPSA) is 172 Å². The molecule has 2 aliphatic heterocycles. The maximum atomic E-state index is 15.1. The van der Waals surface area contributed by atoms with Crippen molar-refractivity contribution in [2.75, 3.05) is 26.9 Å². The third-order valence-corrected chi connectivity index (χ3v) is 9.21. The summed E-state index contributed by atoms with van der Waals surface area (Å²) in [6, 6.07) is 16.1. The maximum absolute atomic E-state index is 15.1. The molecule has 0 saturated carbocycles. The Morgan fingerprint density at radius 1 is 1.13 bits per heavy atom. The van der Waals surface area contributed by atoms with Crippen molar-refractivity contribution < 1.29 is 42.8 Å². The first kappa shape index (κ1) is 38.3. The van der Waals surface area contributed by atoms with Crippen molar-refractivity contribution in [1.82, 2.24) is 20.7 Å². The van der Waals surface area contributed by atoms with E-state index in [-0.39, 0.29) is 43.2 Å². The van der Waals surface area contributed by atoms with Gasteiger partial charge in [-0.15, -0.1) is 0 Å². The fourth-order valence-corrected chi connectivity index (χ4v) is 6.44. The highest BCUT2D eigenvalue weighted by atomic mass is 19.1. The van der Waals surface area contributed by atoms with Crippen LogP contribution in [0.2, 0.25) is 0 Å². The van der Waals surface area contributed by atoms with Crippen molar-refractivity contribution in [3.8, 4) is 17.2 Å². The van der Waals surface area contributed by atoms with Crippen molar-refractivity contribution in [1.29, 1.82) is 5.26 Å². The predicted octanol–water partition coefficient (Wildman–Crippen LogP) is 3.89. The highest BCUT2D eigenvalue weighted by Gasteiger charge is 2.44. The Morgan fingerprint density at radius 2 is 1.90 bits per heavy atom. The number of carbonyl (C=O) groups is 3. The van der Waals surface area contributed by atoms with Gasteiger partial charge in [0.2, 0.25) is 5.91 Å². The minimum atomic E-state index is -1.37. The molecule has 6 atom stereocenters. The van der Waals surface area contributed by atoms with E-state index in [9.17, 15) is 24.8 Å². The van der Waals surface area contributed by atoms with Crippen LogP contribution in [0.3, 0.4) is 0 Å². The number of pyridine rings is 1. The molecule has 1 aromatic heterocycles. The van der Waals surface area contributed by atoms with E-state index < -0.39 is 59.7 Å². The Hall–Kier alpha value is -4.94. The van der Waals surface area contributed by atoms with E-state index in [0.717, 1.165) is 22.8 Å². The van der Waals surface area contributed by atoms with E-state index in [4.69, 9.17) is 18.9 Å². The second-order valence-electron chi connectivity index (χ2n) is 14.0. The largest absolute Gasteiger partial charge is 0.468 e. The number of fused-ring (bicyclic) bond motifs is 1. The Morgan fingerprint density at radius 3 is 2.56 bits per heavy atom. The minimum absolute atomic E-state index is 0.117. The number of nitriles is 1. The molecular weight excluding hydrogens is 673 g/mol. The molecule has 14 heteroatoms. The summed E-state index contributed by atoms with van der Waals surface area (Å²) >= 11 is 0. The number of halogens is 1. The number of methoxy groups -OCH3 is 1. The van der Waals surface area contributed by atoms with Crippen LogP contribution in [0, 0.1) is 34.4 Å². The molecule has 2 fully saturated rings. The molecule has 0 aliphatic carbocycles. The van der Waals surface area contributed by atoms with Crippen molar-refractivity contribution in [2.24, 2.45) is 17.3 Å². The van der Waals surface area contributed by atoms with Gasteiger partial charge in [-0.3, -0.25) is 20.0 Å². The van der Waals surface area contributed by atoms with Crippen molar-refractivity contribution in [3.05, 3.63) is 89.5 Å². The molecule has 2 saturated heterocycles. The number of ether oxygens (including phenoxy) is 4. The van der Waals surface area contributed by atoms with E-state index in [1.165, 1.54) is 24.3 Å². The zero-order valence-corrected chi connectivity index (χ0v) is 29.6. The van der Waals surface area contributed by atoms with Crippen molar-refractivity contribution in [2.45, 2.75) is 64.7 Å². The number of esters is 1. The molecule has 2 aromatic carbocycles. The molecule has 6 unspecified atom stereocenters. The molecule has 276 valence electrons. The van der Waals surface area contributed by atoms with E-state index in [1.54, 1.807) is 33.2 Å². The molecule has 3 aromatic rings. The number of aliphatic hydroxyl groups excluding tert-OH is 1. The number of amides is 2. The van der Waals surface area contributed by atoms with Crippen molar-refractivity contribution >= 4 is 18.0 Å². The summed E-state index contributed by atoms with van der Waals surface area (Å²) in [6.07, 6.45) is 0.967. The molecule has 13 nitrogen and oxygen atoms in total. The maximum Gasteiger partial charge on any atom is 0.422 e. The molecule has 0 spiro atoms. The SMILES string of the molecule is COC(=O)C(C(=O)NC(Cc1ccc(-c2cccnc2)cc1)C(O)CN(Cc1ccc(C#N)cc1F)NC(=O)OC1COC2OCCC12)C(C)(C)C. The van der Waals surface area contributed by atoms with Gasteiger partial charge in [-0.2, -0.15) is 5.26 Å². The molecule has 3 N–H and O–H groups in total. The average Bonchev–Trinajstić information content (AvgIpc) is 3.74. The molecular formula is C38H44FN5O8. The van der Waals surface area contributed by atoms with E-state index in [1.807, 2.05) is 42.5 Å². The quantitative estimate of drug-likeness (QED) is 0.133. The van der Waals surface area contributed by atoms with Crippen LogP contribution in [-0.4, -0.2) is 84.5 Å². The fraction of sp³-hybridized carbons (Fsp3) is 0.447. The zero-order valence-electron chi connectivity index (χ0n) is 29.6. The van der Waals surface area contributed by atoms with Crippen LogP contribution in [0.15, 0.2) is 67.0 Å². The highest BCUT2D eigenvalue weighted by Crippen LogP contribution is 2.33. The van der Waals surface area contributed by atoms with Gasteiger partial charge in [-0.05, 0) is 53.1 Å². The Bertz CT molecular complexity index is 1750. The zero-order chi connectivity index (χ0) is 37.4. The number of aliphatic hydroxyl groups is 1. The van der Waals surface area contributed by atoms with Crippen LogP contribution in [0.4, 0.5) is 9.18 Å². The van der Waals surface area contributed by atoms with E-state index >= 15 is 4.39 Å². The number of nitrogens with zero attached hydrogens (tertiary/aromatic N) is 3. The molecule has 52 heavy (non-hydrogen) atoms. The third-order valence-electron chi connectivity index (χ3n) is 9.21. The summed E-state index contributed by atoms with van der Waals surface area (Å²) < 4.78 is 36.8. The van der Waals surface area contributed by atoms with E-state index in [2.05, 4.69) is 15.7 Å². The summed E-state index contributed by atoms with van der Waals surface area (Å²) in [5.74, 6) is -3.40. The minimum Gasteiger partial charge on any atom is -0.468 e. The highest BCUT2D eigenvalue weighted by molar-refractivity contribution is 5.98. The average molecular weight is 718 g/mol. The van der Waals surface area contributed by atoms with Crippen LogP contribution >= 0.6 is 0 Å². The van der Waals surface area contributed by atoms with Gasteiger partial charge in [0.05, 0.1) is 50.0 Å². The lowest BCUT2D eigenvalue weighted by atomic mass is 9.80. The van der Waals surface area contributed by atoms with Crippen LogP contribution in [0.1, 0.15) is 43.9 Å². The summed E-state index contributed by atoms with van der Waals surface area (Å²) in [5, 5.41) is 25.2. The van der Waals surface area contributed by atoms with Crippen LogP contribution in [0.5, 0.6) is 0 Å². The number of aromatic nitrogens is 1.